The molecule has 1 unspecified atom stereocenters. The van der Waals surface area contributed by atoms with Crippen LogP contribution in [-0.2, 0) is 9.53 Å². The maximum atomic E-state index is 11.8. The highest BCUT2D eigenvalue weighted by Gasteiger charge is 2.29. The molecular weight excluding hydrogens is 276 g/mol. The van der Waals surface area contributed by atoms with Crippen LogP contribution in [0.5, 0.6) is 0 Å². The standard InChI is InChI=1S/C18H20N2O2/c19-10-12(20)9-18(21)22-11-17-15-7-3-1-5-13(15)14-6-2-4-8-16(14)17/h1-8,12,17H,9-11,19-20H2. The number of esters is 1. The Morgan fingerprint density at radius 1 is 1.05 bits per heavy atom. The molecule has 0 radical (unpaired) electrons. The Hall–Kier alpha value is -2.17. The number of nitrogens with two attached hydrogens (primary N) is 2. The molecule has 4 heteroatoms. The zero-order valence-corrected chi connectivity index (χ0v) is 12.4. The third-order valence-electron chi connectivity index (χ3n) is 4.11. The van der Waals surface area contributed by atoms with Gasteiger partial charge in [0, 0.05) is 18.5 Å². The highest BCUT2D eigenvalue weighted by Crippen LogP contribution is 2.44. The molecule has 0 aliphatic heterocycles. The summed E-state index contributed by atoms with van der Waals surface area (Å²) in [6.07, 6.45) is 0.159. The fourth-order valence-electron chi connectivity index (χ4n) is 2.97. The van der Waals surface area contributed by atoms with Gasteiger partial charge in [0.1, 0.15) is 6.61 Å². The maximum absolute atomic E-state index is 11.8. The average molecular weight is 296 g/mol. The lowest BCUT2D eigenvalue weighted by Crippen LogP contribution is -2.32. The van der Waals surface area contributed by atoms with Gasteiger partial charge >= 0.3 is 5.97 Å². The van der Waals surface area contributed by atoms with Crippen molar-refractivity contribution in [2.75, 3.05) is 13.2 Å². The van der Waals surface area contributed by atoms with Crippen LogP contribution in [0.15, 0.2) is 48.5 Å². The fraction of sp³-hybridized carbons (Fsp3) is 0.278. The number of hydrogen-bond donors (Lipinski definition) is 2. The number of fused-ring (bicyclic) bond motifs is 3. The van der Waals surface area contributed by atoms with Crippen LogP contribution < -0.4 is 11.5 Å². The monoisotopic (exact) mass is 296 g/mol. The third-order valence-corrected chi connectivity index (χ3v) is 4.11. The summed E-state index contributed by atoms with van der Waals surface area (Å²) in [5.74, 6) is -0.203. The van der Waals surface area contributed by atoms with Gasteiger partial charge in [-0.15, -0.1) is 0 Å². The second-order valence-corrected chi connectivity index (χ2v) is 5.61. The maximum Gasteiger partial charge on any atom is 0.307 e. The van der Waals surface area contributed by atoms with Gasteiger partial charge in [-0.25, -0.2) is 0 Å². The molecule has 0 fully saturated rings. The quantitative estimate of drug-likeness (QED) is 0.827. The van der Waals surface area contributed by atoms with E-state index in [-0.39, 0.29) is 30.9 Å². The van der Waals surface area contributed by atoms with E-state index in [9.17, 15) is 4.79 Å². The molecule has 3 rings (SSSR count). The van der Waals surface area contributed by atoms with Crippen LogP contribution in [0.25, 0.3) is 11.1 Å². The first-order valence-corrected chi connectivity index (χ1v) is 7.50. The van der Waals surface area contributed by atoms with Gasteiger partial charge in [0.05, 0.1) is 6.42 Å². The minimum atomic E-state index is -0.337. The lowest BCUT2D eigenvalue weighted by atomic mass is 9.98. The summed E-state index contributed by atoms with van der Waals surface area (Å²) in [4.78, 5) is 11.8. The molecule has 0 saturated carbocycles. The van der Waals surface area contributed by atoms with Gasteiger partial charge < -0.3 is 16.2 Å². The summed E-state index contributed by atoms with van der Waals surface area (Å²) in [6, 6.07) is 16.2. The van der Waals surface area contributed by atoms with Crippen molar-refractivity contribution in [1.82, 2.24) is 0 Å². The van der Waals surface area contributed by atoms with Crippen molar-refractivity contribution in [2.24, 2.45) is 11.5 Å². The number of rotatable bonds is 5. The Labute approximate surface area is 130 Å². The minimum Gasteiger partial charge on any atom is -0.465 e. The predicted molar refractivity (Wildman–Crippen MR) is 86.3 cm³/mol. The third kappa shape index (κ3) is 2.75. The fourth-order valence-corrected chi connectivity index (χ4v) is 2.97. The first-order chi connectivity index (χ1) is 10.7. The van der Waals surface area contributed by atoms with Gasteiger partial charge in [-0.1, -0.05) is 48.5 Å². The Morgan fingerprint density at radius 2 is 1.59 bits per heavy atom. The molecule has 114 valence electrons. The smallest absolute Gasteiger partial charge is 0.307 e. The van der Waals surface area contributed by atoms with E-state index in [1.54, 1.807) is 0 Å². The summed E-state index contributed by atoms with van der Waals surface area (Å²) in [5.41, 5.74) is 16.0. The molecule has 2 aromatic carbocycles. The van der Waals surface area contributed by atoms with Crippen LogP contribution in [0.4, 0.5) is 0 Å². The van der Waals surface area contributed by atoms with E-state index >= 15 is 0 Å². The molecule has 0 saturated heterocycles. The van der Waals surface area contributed by atoms with E-state index in [0.29, 0.717) is 6.61 Å². The van der Waals surface area contributed by atoms with Crippen molar-refractivity contribution in [3.8, 4) is 11.1 Å². The SMILES string of the molecule is NCC(N)CC(=O)OCC1c2ccccc2-c2ccccc21. The van der Waals surface area contributed by atoms with Gasteiger partial charge in [-0.2, -0.15) is 0 Å². The van der Waals surface area contributed by atoms with Crippen LogP contribution in [0.2, 0.25) is 0 Å². The molecule has 1 aliphatic rings. The van der Waals surface area contributed by atoms with Crippen molar-refractivity contribution in [2.45, 2.75) is 18.4 Å². The molecule has 0 bridgehead atoms. The highest BCUT2D eigenvalue weighted by molar-refractivity contribution is 5.79. The van der Waals surface area contributed by atoms with E-state index in [2.05, 4.69) is 24.3 Å². The van der Waals surface area contributed by atoms with Crippen molar-refractivity contribution >= 4 is 5.97 Å². The Kier molecular flexibility index (Phi) is 4.22. The number of hydrogen-bond acceptors (Lipinski definition) is 4. The lowest BCUT2D eigenvalue weighted by molar-refractivity contribution is -0.144. The highest BCUT2D eigenvalue weighted by atomic mass is 16.5. The topological polar surface area (TPSA) is 78.3 Å². The number of benzene rings is 2. The number of ether oxygens (including phenoxy) is 1. The van der Waals surface area contributed by atoms with E-state index in [4.69, 9.17) is 16.2 Å². The number of carbonyl (C=O) groups excluding carboxylic acids is 1. The molecule has 0 spiro atoms. The second kappa shape index (κ2) is 6.30. The first kappa shape index (κ1) is 14.8. The average Bonchev–Trinajstić information content (AvgIpc) is 2.87. The molecule has 0 aromatic heterocycles. The molecule has 0 heterocycles. The summed E-state index contributed by atoms with van der Waals surface area (Å²) in [6.45, 7) is 0.619. The van der Waals surface area contributed by atoms with Crippen molar-refractivity contribution in [1.29, 1.82) is 0 Å². The van der Waals surface area contributed by atoms with Gasteiger partial charge in [-0.3, -0.25) is 4.79 Å². The Bertz CT molecular complexity index is 639. The molecular formula is C18H20N2O2. The van der Waals surface area contributed by atoms with Gasteiger partial charge in [0.25, 0.3) is 0 Å². The van der Waals surface area contributed by atoms with Crippen LogP contribution in [0.3, 0.4) is 0 Å². The summed E-state index contributed by atoms with van der Waals surface area (Å²) < 4.78 is 5.44. The molecule has 0 amide bonds. The second-order valence-electron chi connectivity index (χ2n) is 5.61. The normalized spacial score (nSPS) is 14.3. The molecule has 4 nitrogen and oxygen atoms in total. The van der Waals surface area contributed by atoms with Crippen LogP contribution >= 0.6 is 0 Å². The van der Waals surface area contributed by atoms with Crippen LogP contribution in [0, 0.1) is 0 Å². The largest absolute Gasteiger partial charge is 0.465 e. The molecule has 2 aromatic rings. The summed E-state index contributed by atoms with van der Waals surface area (Å²) in [5, 5.41) is 0. The van der Waals surface area contributed by atoms with Crippen LogP contribution in [0.1, 0.15) is 23.5 Å². The van der Waals surface area contributed by atoms with E-state index < -0.39 is 0 Å². The number of carbonyl (C=O) groups is 1. The predicted octanol–water partition coefficient (Wildman–Crippen LogP) is 2.02. The Balaban J connectivity index is 1.78. The summed E-state index contributed by atoms with van der Waals surface area (Å²) >= 11 is 0. The van der Waals surface area contributed by atoms with Gasteiger partial charge in [0.2, 0.25) is 0 Å². The molecule has 22 heavy (non-hydrogen) atoms. The van der Waals surface area contributed by atoms with Crippen molar-refractivity contribution in [3.05, 3.63) is 59.7 Å². The van der Waals surface area contributed by atoms with Gasteiger partial charge in [0.15, 0.2) is 0 Å². The summed E-state index contributed by atoms with van der Waals surface area (Å²) in [7, 11) is 0. The first-order valence-electron chi connectivity index (χ1n) is 7.50. The minimum absolute atomic E-state index is 0.0884. The van der Waals surface area contributed by atoms with E-state index in [1.807, 2.05) is 24.3 Å². The zero-order valence-electron chi connectivity index (χ0n) is 12.4. The van der Waals surface area contributed by atoms with Crippen molar-refractivity contribution in [3.63, 3.8) is 0 Å². The zero-order chi connectivity index (χ0) is 15.5. The lowest BCUT2D eigenvalue weighted by Gasteiger charge is -2.15. The van der Waals surface area contributed by atoms with E-state index in [1.165, 1.54) is 22.3 Å². The molecule has 1 aliphatic carbocycles. The van der Waals surface area contributed by atoms with Crippen LogP contribution in [-0.4, -0.2) is 25.2 Å². The molecule has 4 N–H and O–H groups in total. The van der Waals surface area contributed by atoms with Crippen molar-refractivity contribution < 1.29 is 9.53 Å². The molecule has 1 atom stereocenters. The van der Waals surface area contributed by atoms with Gasteiger partial charge in [-0.05, 0) is 22.3 Å². The Morgan fingerprint density at radius 3 is 2.14 bits per heavy atom. The van der Waals surface area contributed by atoms with E-state index in [0.717, 1.165) is 0 Å².